The number of allylic oxidation sites excluding steroid dienone is 4. The van der Waals surface area contributed by atoms with Gasteiger partial charge in [0.25, 0.3) is 0 Å². The Morgan fingerprint density at radius 2 is 1.88 bits per heavy atom. The molecule has 5 rings (SSSR count). The van der Waals surface area contributed by atoms with Gasteiger partial charge in [-0.25, -0.2) is 9.37 Å². The van der Waals surface area contributed by atoms with E-state index in [0.29, 0.717) is 12.8 Å². The van der Waals surface area contributed by atoms with Crippen molar-refractivity contribution >= 4 is 11.5 Å². The van der Waals surface area contributed by atoms with Crippen LogP contribution in [-0.4, -0.2) is 39.1 Å². The molecule has 1 aromatic heterocycles. The maximum absolute atomic E-state index is 13.8. The lowest BCUT2D eigenvalue weighted by atomic mass is 9.76. The molecule has 2 aliphatic heterocycles. The van der Waals surface area contributed by atoms with Gasteiger partial charge in [-0.3, -0.25) is 4.79 Å². The van der Waals surface area contributed by atoms with Crippen molar-refractivity contribution in [3.8, 4) is 0 Å². The predicted octanol–water partition coefficient (Wildman–Crippen LogP) is 5.61. The van der Waals surface area contributed by atoms with Crippen LogP contribution < -0.4 is 0 Å². The van der Waals surface area contributed by atoms with Crippen LogP contribution in [0.1, 0.15) is 56.3 Å². The van der Waals surface area contributed by atoms with Crippen molar-refractivity contribution in [2.45, 2.75) is 62.7 Å². The number of amides is 1. The Bertz CT molecular complexity index is 1120. The van der Waals surface area contributed by atoms with E-state index in [-0.39, 0.29) is 31.6 Å². The zero-order chi connectivity index (χ0) is 23.2. The van der Waals surface area contributed by atoms with E-state index in [0.717, 1.165) is 40.3 Å². The maximum Gasteiger partial charge on any atom is 0.408 e. The number of hydrogen-bond donors (Lipinski definition) is 0. The van der Waals surface area contributed by atoms with Crippen molar-refractivity contribution in [3.05, 3.63) is 71.6 Å². The fourth-order valence-corrected chi connectivity index (χ4v) is 5.64. The average Bonchev–Trinajstić information content (AvgIpc) is 3.39. The molecule has 4 nitrogen and oxygen atoms in total. The van der Waals surface area contributed by atoms with Crippen molar-refractivity contribution in [1.82, 2.24) is 14.5 Å². The van der Waals surface area contributed by atoms with Crippen LogP contribution in [0.3, 0.4) is 0 Å². The van der Waals surface area contributed by atoms with Gasteiger partial charge in [0.15, 0.2) is 0 Å². The molecule has 0 spiro atoms. The smallest absolute Gasteiger partial charge is 0.331 e. The molecule has 3 heterocycles. The fourth-order valence-electron chi connectivity index (χ4n) is 5.64. The SMILES string of the molecule is O=C(CCC1(c2ccc(F)cc2)C2=CCCC=C2c2nccn21)N1CCCCC1C(F)(F)F. The average molecular weight is 459 g/mol. The number of likely N-dealkylation sites (tertiary alicyclic amines) is 1. The number of carbonyl (C=O) groups excluding carboxylic acids is 1. The highest BCUT2D eigenvalue weighted by molar-refractivity contribution is 5.85. The Kier molecular flexibility index (Phi) is 5.41. The summed E-state index contributed by atoms with van der Waals surface area (Å²) in [5.74, 6) is -0.0959. The molecule has 1 amide bonds. The molecule has 0 saturated carbocycles. The van der Waals surface area contributed by atoms with Crippen LogP contribution in [0.5, 0.6) is 0 Å². The summed E-state index contributed by atoms with van der Waals surface area (Å²) in [6.07, 6.45) is 6.22. The second kappa shape index (κ2) is 8.15. The molecule has 0 N–H and O–H groups in total. The Balaban J connectivity index is 1.52. The molecule has 2 atom stereocenters. The quantitative estimate of drug-likeness (QED) is 0.558. The monoisotopic (exact) mass is 459 g/mol. The summed E-state index contributed by atoms with van der Waals surface area (Å²) >= 11 is 0. The van der Waals surface area contributed by atoms with Gasteiger partial charge in [0.2, 0.25) is 5.91 Å². The molecule has 1 fully saturated rings. The summed E-state index contributed by atoms with van der Waals surface area (Å²) < 4.78 is 56.5. The molecule has 8 heteroatoms. The Hall–Kier alpha value is -2.90. The summed E-state index contributed by atoms with van der Waals surface area (Å²) in [6, 6.07) is 4.43. The second-order valence-electron chi connectivity index (χ2n) is 8.94. The van der Waals surface area contributed by atoms with Gasteiger partial charge in [0.05, 0.1) is 5.54 Å². The number of fused-ring (bicyclic) bond motifs is 3. The predicted molar refractivity (Wildman–Crippen MR) is 116 cm³/mol. The van der Waals surface area contributed by atoms with Gasteiger partial charge in [0.1, 0.15) is 17.7 Å². The molecule has 174 valence electrons. The van der Waals surface area contributed by atoms with Crippen molar-refractivity contribution < 1.29 is 22.4 Å². The van der Waals surface area contributed by atoms with Gasteiger partial charge >= 0.3 is 6.18 Å². The number of alkyl halides is 3. The molecule has 1 aromatic carbocycles. The summed E-state index contributed by atoms with van der Waals surface area (Å²) in [5.41, 5.74) is 1.94. The molecule has 0 radical (unpaired) electrons. The highest BCUT2D eigenvalue weighted by atomic mass is 19.4. The highest BCUT2D eigenvalue weighted by Crippen LogP contribution is 2.52. The van der Waals surface area contributed by atoms with Crippen LogP contribution in [0.15, 0.2) is 54.4 Å². The largest absolute Gasteiger partial charge is 0.408 e. The molecule has 1 aliphatic carbocycles. The molecule has 0 bridgehead atoms. The highest BCUT2D eigenvalue weighted by Gasteiger charge is 2.49. The van der Waals surface area contributed by atoms with E-state index < -0.39 is 23.7 Å². The van der Waals surface area contributed by atoms with Crippen molar-refractivity contribution in [1.29, 1.82) is 0 Å². The lowest BCUT2D eigenvalue weighted by Crippen LogP contribution is -2.51. The van der Waals surface area contributed by atoms with E-state index in [1.54, 1.807) is 18.3 Å². The third kappa shape index (κ3) is 3.60. The molecule has 33 heavy (non-hydrogen) atoms. The number of hydrogen-bond acceptors (Lipinski definition) is 2. The Morgan fingerprint density at radius 3 is 2.64 bits per heavy atom. The van der Waals surface area contributed by atoms with E-state index >= 15 is 0 Å². The Morgan fingerprint density at radius 1 is 1.12 bits per heavy atom. The summed E-state index contributed by atoms with van der Waals surface area (Å²) in [6.45, 7) is 0.122. The minimum atomic E-state index is -4.43. The Labute approximate surface area is 189 Å². The van der Waals surface area contributed by atoms with Gasteiger partial charge in [0, 0.05) is 30.9 Å². The first-order valence-electron chi connectivity index (χ1n) is 11.4. The lowest BCUT2D eigenvalue weighted by Gasteiger charge is -2.39. The summed E-state index contributed by atoms with van der Waals surface area (Å²) in [5, 5.41) is 0. The van der Waals surface area contributed by atoms with Crippen LogP contribution in [0, 0.1) is 5.82 Å². The second-order valence-corrected chi connectivity index (χ2v) is 8.94. The van der Waals surface area contributed by atoms with Gasteiger partial charge in [-0.05, 0) is 61.8 Å². The first-order chi connectivity index (χ1) is 15.8. The first-order valence-corrected chi connectivity index (χ1v) is 11.4. The van der Waals surface area contributed by atoms with E-state index in [2.05, 4.69) is 17.1 Å². The van der Waals surface area contributed by atoms with Crippen LogP contribution >= 0.6 is 0 Å². The standard InChI is InChI=1S/C25H25F4N3O/c26-18-10-8-17(9-11-18)24(20-6-2-1-5-19(20)23-30-14-16-32(23)24)13-12-22(33)31-15-4-3-7-21(31)25(27,28)29/h5-6,8-11,14,16,21H,1-4,7,12-13,15H2. The molecule has 2 aromatic rings. The molecule has 1 saturated heterocycles. The number of imidazole rings is 1. The van der Waals surface area contributed by atoms with Crippen LogP contribution in [0.25, 0.3) is 5.57 Å². The molecular weight excluding hydrogens is 434 g/mol. The van der Waals surface area contributed by atoms with Gasteiger partial charge < -0.3 is 9.47 Å². The van der Waals surface area contributed by atoms with Gasteiger partial charge in [-0.2, -0.15) is 13.2 Å². The number of halogens is 4. The lowest BCUT2D eigenvalue weighted by molar-refractivity contribution is -0.196. The third-order valence-corrected chi connectivity index (χ3v) is 7.12. The minimum Gasteiger partial charge on any atom is -0.331 e. The maximum atomic E-state index is 13.8. The zero-order valence-electron chi connectivity index (χ0n) is 18.1. The first kappa shape index (κ1) is 21.9. The van der Waals surface area contributed by atoms with Crippen molar-refractivity contribution in [3.63, 3.8) is 0 Å². The fraction of sp³-hybridized carbons (Fsp3) is 0.440. The number of aromatic nitrogens is 2. The van der Waals surface area contributed by atoms with E-state index in [1.165, 1.54) is 12.1 Å². The third-order valence-electron chi connectivity index (χ3n) is 7.12. The topological polar surface area (TPSA) is 38.1 Å². The van der Waals surface area contributed by atoms with Crippen LogP contribution in [-0.2, 0) is 10.3 Å². The van der Waals surface area contributed by atoms with Crippen LogP contribution in [0.4, 0.5) is 17.6 Å². The van der Waals surface area contributed by atoms with E-state index in [9.17, 15) is 22.4 Å². The molecule has 2 unspecified atom stereocenters. The zero-order valence-corrected chi connectivity index (χ0v) is 18.1. The number of piperidine rings is 1. The normalized spacial score (nSPS) is 24.7. The van der Waals surface area contributed by atoms with Crippen molar-refractivity contribution in [2.24, 2.45) is 0 Å². The van der Waals surface area contributed by atoms with E-state index in [1.807, 2.05) is 10.8 Å². The van der Waals surface area contributed by atoms with Gasteiger partial charge in [-0.15, -0.1) is 0 Å². The number of rotatable bonds is 4. The van der Waals surface area contributed by atoms with E-state index in [4.69, 9.17) is 0 Å². The van der Waals surface area contributed by atoms with Crippen LogP contribution in [0.2, 0.25) is 0 Å². The van der Waals surface area contributed by atoms with Crippen molar-refractivity contribution in [2.75, 3.05) is 6.54 Å². The number of carbonyl (C=O) groups is 1. The summed E-state index contributed by atoms with van der Waals surface area (Å²) in [7, 11) is 0. The number of nitrogens with zero attached hydrogens (tertiary/aromatic N) is 3. The molecular formula is C25H25F4N3O. The van der Waals surface area contributed by atoms with Gasteiger partial charge in [-0.1, -0.05) is 24.3 Å². The number of benzene rings is 1. The summed E-state index contributed by atoms with van der Waals surface area (Å²) in [4.78, 5) is 18.7. The minimum absolute atomic E-state index is 0.0494. The molecule has 3 aliphatic rings.